The number of halogens is 1. The number of ether oxygens (including phenoxy) is 2. The molecule has 0 radical (unpaired) electrons. The molecule has 2 rings (SSSR count). The minimum Gasteiger partial charge on any atom is -0.491 e. The number of aliphatic hydroxyl groups excluding tert-OH is 1. The van der Waals surface area contributed by atoms with Crippen molar-refractivity contribution in [3.63, 3.8) is 0 Å². The van der Waals surface area contributed by atoms with Gasteiger partial charge in [0.05, 0.1) is 6.20 Å². The number of nitrogens with two attached hydrogens (primary N) is 1. The molecule has 106 valence electrons. The zero-order chi connectivity index (χ0) is 14.4. The molecule has 0 saturated heterocycles. The Balaban J connectivity index is 1.75. The topological polar surface area (TPSA) is 77.6 Å². The Morgan fingerprint density at radius 1 is 1.10 bits per heavy atom. The van der Waals surface area contributed by atoms with Crippen LogP contribution in [0.3, 0.4) is 0 Å². The maximum atomic E-state index is 9.79. The first-order valence-electron chi connectivity index (χ1n) is 6.03. The molecule has 3 N–H and O–H groups in total. The molecule has 0 aliphatic heterocycles. The van der Waals surface area contributed by atoms with E-state index in [4.69, 9.17) is 15.2 Å². The largest absolute Gasteiger partial charge is 0.491 e. The molecule has 1 aromatic heterocycles. The molecular weight excluding hydrogens is 324 g/mol. The lowest BCUT2D eigenvalue weighted by atomic mass is 10.3. The standard InChI is InChI=1S/C14H15BrN2O3/c15-10-5-14(7-17-6-10)20-9-12(18)8-19-13-3-1-11(16)2-4-13/h1-7,12,18H,8-9,16H2. The van der Waals surface area contributed by atoms with Gasteiger partial charge in [0.25, 0.3) is 0 Å². The SMILES string of the molecule is Nc1ccc(OCC(O)COc2cncc(Br)c2)cc1. The lowest BCUT2D eigenvalue weighted by Gasteiger charge is -2.13. The molecule has 6 heteroatoms. The lowest BCUT2D eigenvalue weighted by molar-refractivity contribution is 0.0625. The monoisotopic (exact) mass is 338 g/mol. The predicted molar refractivity (Wildman–Crippen MR) is 79.8 cm³/mol. The Morgan fingerprint density at radius 2 is 1.75 bits per heavy atom. The molecule has 1 unspecified atom stereocenters. The first-order valence-corrected chi connectivity index (χ1v) is 6.82. The fourth-order valence-corrected chi connectivity index (χ4v) is 1.81. The molecule has 1 atom stereocenters. The first kappa shape index (κ1) is 14.6. The number of aromatic nitrogens is 1. The summed E-state index contributed by atoms with van der Waals surface area (Å²) in [6.07, 6.45) is 2.51. The number of hydrogen-bond donors (Lipinski definition) is 2. The van der Waals surface area contributed by atoms with Crippen LogP contribution in [0.1, 0.15) is 0 Å². The number of nitrogen functional groups attached to an aromatic ring is 1. The summed E-state index contributed by atoms with van der Waals surface area (Å²) < 4.78 is 11.7. The third-order valence-corrected chi connectivity index (χ3v) is 2.88. The second-order valence-corrected chi connectivity index (χ2v) is 5.10. The minimum absolute atomic E-state index is 0.132. The second-order valence-electron chi connectivity index (χ2n) is 4.18. The average molecular weight is 339 g/mol. The van der Waals surface area contributed by atoms with Crippen LogP contribution in [0.25, 0.3) is 0 Å². The summed E-state index contributed by atoms with van der Waals surface area (Å²) in [4.78, 5) is 3.97. The molecule has 0 saturated carbocycles. The molecule has 5 nitrogen and oxygen atoms in total. The number of nitrogens with zero attached hydrogens (tertiary/aromatic N) is 1. The molecule has 0 aliphatic carbocycles. The predicted octanol–water partition coefficient (Wildman–Crippen LogP) is 2.25. The van der Waals surface area contributed by atoms with Crippen LogP contribution in [0.5, 0.6) is 11.5 Å². The van der Waals surface area contributed by atoms with Crippen molar-refractivity contribution in [2.75, 3.05) is 18.9 Å². The minimum atomic E-state index is -0.730. The van der Waals surface area contributed by atoms with Crippen molar-refractivity contribution in [1.29, 1.82) is 0 Å². The molecule has 0 spiro atoms. The summed E-state index contributed by atoms with van der Waals surface area (Å²) >= 11 is 3.30. The van der Waals surface area contributed by atoms with Gasteiger partial charge in [0.1, 0.15) is 30.8 Å². The second kappa shape index (κ2) is 7.12. The normalized spacial score (nSPS) is 11.9. The zero-order valence-corrected chi connectivity index (χ0v) is 12.3. The van der Waals surface area contributed by atoms with Gasteiger partial charge in [0.2, 0.25) is 0 Å². The van der Waals surface area contributed by atoms with Gasteiger partial charge in [0.15, 0.2) is 0 Å². The summed E-state index contributed by atoms with van der Waals surface area (Å²) in [7, 11) is 0. The van der Waals surface area contributed by atoms with Gasteiger partial charge in [-0.05, 0) is 46.3 Å². The van der Waals surface area contributed by atoms with Crippen LogP contribution < -0.4 is 15.2 Å². The summed E-state index contributed by atoms with van der Waals surface area (Å²) in [5.74, 6) is 1.24. The van der Waals surface area contributed by atoms with E-state index in [1.807, 2.05) is 0 Å². The van der Waals surface area contributed by atoms with Crippen molar-refractivity contribution in [2.24, 2.45) is 0 Å². The fourth-order valence-electron chi connectivity index (χ4n) is 1.47. The van der Waals surface area contributed by atoms with Crippen molar-refractivity contribution in [3.05, 3.63) is 47.2 Å². The van der Waals surface area contributed by atoms with Crippen LogP contribution in [0.15, 0.2) is 47.2 Å². The number of pyridine rings is 1. The molecule has 0 fully saturated rings. The molecule has 1 heterocycles. The highest BCUT2D eigenvalue weighted by molar-refractivity contribution is 9.10. The molecule has 0 bridgehead atoms. The molecule has 2 aromatic rings. The maximum Gasteiger partial charge on any atom is 0.138 e. The molecule has 20 heavy (non-hydrogen) atoms. The Labute approximate surface area is 125 Å². The van der Waals surface area contributed by atoms with Crippen molar-refractivity contribution >= 4 is 21.6 Å². The highest BCUT2D eigenvalue weighted by atomic mass is 79.9. The Kier molecular flexibility index (Phi) is 5.20. The van der Waals surface area contributed by atoms with Gasteiger partial charge in [-0.3, -0.25) is 4.98 Å². The number of rotatable bonds is 6. The van der Waals surface area contributed by atoms with Gasteiger partial charge in [0, 0.05) is 16.4 Å². The number of aliphatic hydroxyl groups is 1. The van der Waals surface area contributed by atoms with E-state index in [0.29, 0.717) is 17.2 Å². The zero-order valence-electron chi connectivity index (χ0n) is 10.7. The molecule has 0 aliphatic rings. The molecule has 1 aromatic carbocycles. The quantitative estimate of drug-likeness (QED) is 0.790. The lowest BCUT2D eigenvalue weighted by Crippen LogP contribution is -2.25. The third kappa shape index (κ3) is 4.71. The third-order valence-electron chi connectivity index (χ3n) is 2.44. The van der Waals surface area contributed by atoms with Crippen LogP contribution in [-0.2, 0) is 0 Å². The number of anilines is 1. The van der Waals surface area contributed by atoms with E-state index in [-0.39, 0.29) is 13.2 Å². The summed E-state index contributed by atoms with van der Waals surface area (Å²) in [6, 6.07) is 8.76. The van der Waals surface area contributed by atoms with E-state index >= 15 is 0 Å². The Hall–Kier alpha value is -1.79. The molecule has 0 amide bonds. The van der Waals surface area contributed by atoms with E-state index in [0.717, 1.165) is 4.47 Å². The van der Waals surface area contributed by atoms with Crippen LogP contribution >= 0.6 is 15.9 Å². The summed E-state index contributed by atoms with van der Waals surface area (Å²) in [5, 5.41) is 9.79. The Bertz CT molecular complexity index is 548. The smallest absolute Gasteiger partial charge is 0.138 e. The first-order chi connectivity index (χ1) is 9.63. The average Bonchev–Trinajstić information content (AvgIpc) is 2.45. The van der Waals surface area contributed by atoms with Crippen LogP contribution in [-0.4, -0.2) is 29.4 Å². The van der Waals surface area contributed by atoms with Gasteiger partial charge in [-0.15, -0.1) is 0 Å². The van der Waals surface area contributed by atoms with Crippen LogP contribution in [0.4, 0.5) is 5.69 Å². The fraction of sp³-hybridized carbons (Fsp3) is 0.214. The van der Waals surface area contributed by atoms with Gasteiger partial charge in [-0.25, -0.2) is 0 Å². The van der Waals surface area contributed by atoms with Gasteiger partial charge in [-0.2, -0.15) is 0 Å². The van der Waals surface area contributed by atoms with E-state index < -0.39 is 6.10 Å². The van der Waals surface area contributed by atoms with E-state index in [1.54, 1.807) is 42.7 Å². The highest BCUT2D eigenvalue weighted by Gasteiger charge is 2.07. The van der Waals surface area contributed by atoms with E-state index in [2.05, 4.69) is 20.9 Å². The van der Waals surface area contributed by atoms with Crippen LogP contribution in [0.2, 0.25) is 0 Å². The maximum absolute atomic E-state index is 9.79. The summed E-state index contributed by atoms with van der Waals surface area (Å²) in [5.41, 5.74) is 6.24. The van der Waals surface area contributed by atoms with Gasteiger partial charge >= 0.3 is 0 Å². The van der Waals surface area contributed by atoms with Gasteiger partial charge in [-0.1, -0.05) is 0 Å². The van der Waals surface area contributed by atoms with E-state index in [9.17, 15) is 5.11 Å². The summed E-state index contributed by atoms with van der Waals surface area (Å²) in [6.45, 7) is 0.276. The molecular formula is C14H15BrN2O3. The van der Waals surface area contributed by atoms with Crippen molar-refractivity contribution in [1.82, 2.24) is 4.98 Å². The van der Waals surface area contributed by atoms with Gasteiger partial charge < -0.3 is 20.3 Å². The van der Waals surface area contributed by atoms with Crippen molar-refractivity contribution in [3.8, 4) is 11.5 Å². The van der Waals surface area contributed by atoms with Crippen molar-refractivity contribution in [2.45, 2.75) is 6.10 Å². The van der Waals surface area contributed by atoms with Crippen molar-refractivity contribution < 1.29 is 14.6 Å². The Morgan fingerprint density at radius 3 is 2.40 bits per heavy atom. The highest BCUT2D eigenvalue weighted by Crippen LogP contribution is 2.16. The number of hydrogen-bond acceptors (Lipinski definition) is 5. The van der Waals surface area contributed by atoms with Crippen LogP contribution in [0, 0.1) is 0 Å². The van der Waals surface area contributed by atoms with E-state index in [1.165, 1.54) is 0 Å². The number of benzene rings is 1.